The van der Waals surface area contributed by atoms with Crippen LogP contribution in [0.5, 0.6) is 0 Å². The summed E-state index contributed by atoms with van der Waals surface area (Å²) in [6.45, 7) is 4.31. The van der Waals surface area contributed by atoms with Crippen molar-refractivity contribution < 1.29 is 9.84 Å². The van der Waals surface area contributed by atoms with E-state index >= 15 is 0 Å². The molecule has 2 unspecified atom stereocenters. The summed E-state index contributed by atoms with van der Waals surface area (Å²) in [5.74, 6) is -0.768. The molecule has 1 saturated heterocycles. The van der Waals surface area contributed by atoms with Gasteiger partial charge in [-0.15, -0.1) is 0 Å². The molecule has 0 amide bonds. The molecule has 138 valence electrons. The molecule has 1 fully saturated rings. The summed E-state index contributed by atoms with van der Waals surface area (Å²) in [5.41, 5.74) is 0. The van der Waals surface area contributed by atoms with E-state index in [4.69, 9.17) is 4.74 Å². The van der Waals surface area contributed by atoms with Crippen molar-refractivity contribution in [2.45, 2.75) is 135 Å². The van der Waals surface area contributed by atoms with E-state index in [0.717, 1.165) is 19.3 Å². The van der Waals surface area contributed by atoms with Crippen LogP contribution in [0.15, 0.2) is 0 Å². The van der Waals surface area contributed by atoms with Gasteiger partial charge in [0.25, 0.3) is 0 Å². The van der Waals surface area contributed by atoms with Crippen molar-refractivity contribution in [3.8, 4) is 0 Å². The van der Waals surface area contributed by atoms with Crippen LogP contribution in [-0.4, -0.2) is 17.0 Å². The Labute approximate surface area is 145 Å². The third-order valence-corrected chi connectivity index (χ3v) is 5.20. The fourth-order valence-electron chi connectivity index (χ4n) is 3.75. The molecule has 0 aromatic rings. The van der Waals surface area contributed by atoms with Crippen molar-refractivity contribution >= 4 is 0 Å². The van der Waals surface area contributed by atoms with E-state index in [2.05, 4.69) is 6.92 Å². The highest BCUT2D eigenvalue weighted by atomic mass is 16.7. The van der Waals surface area contributed by atoms with Crippen LogP contribution in [0.1, 0.15) is 123 Å². The van der Waals surface area contributed by atoms with Gasteiger partial charge in [0, 0.05) is 12.8 Å². The van der Waals surface area contributed by atoms with Gasteiger partial charge < -0.3 is 9.84 Å². The average Bonchev–Trinajstić information content (AvgIpc) is 2.50. The highest BCUT2D eigenvalue weighted by Crippen LogP contribution is 2.34. The molecular formula is C21H42O2. The van der Waals surface area contributed by atoms with Crippen molar-refractivity contribution in [3.05, 3.63) is 0 Å². The van der Waals surface area contributed by atoms with E-state index in [1.807, 2.05) is 6.92 Å². The molecule has 0 spiro atoms. The van der Waals surface area contributed by atoms with E-state index in [0.29, 0.717) is 0 Å². The molecule has 0 aromatic heterocycles. The predicted molar refractivity (Wildman–Crippen MR) is 99.7 cm³/mol. The van der Waals surface area contributed by atoms with Crippen molar-refractivity contribution in [1.82, 2.24) is 0 Å². The van der Waals surface area contributed by atoms with E-state index in [1.54, 1.807) is 0 Å². The van der Waals surface area contributed by atoms with Gasteiger partial charge in [-0.05, 0) is 13.3 Å². The van der Waals surface area contributed by atoms with Crippen LogP contribution >= 0.6 is 0 Å². The second kappa shape index (κ2) is 13.2. The number of ether oxygens (including phenoxy) is 1. The summed E-state index contributed by atoms with van der Waals surface area (Å²) < 4.78 is 5.40. The van der Waals surface area contributed by atoms with Crippen molar-refractivity contribution in [1.29, 1.82) is 0 Å². The third kappa shape index (κ3) is 11.2. The van der Waals surface area contributed by atoms with Crippen molar-refractivity contribution in [2.75, 3.05) is 0 Å². The van der Waals surface area contributed by atoms with Gasteiger partial charge >= 0.3 is 0 Å². The van der Waals surface area contributed by atoms with Gasteiger partial charge in [0.1, 0.15) is 0 Å². The van der Waals surface area contributed by atoms with Crippen LogP contribution < -0.4 is 0 Å². The minimum Gasteiger partial charge on any atom is -0.365 e. The molecule has 2 nitrogen and oxygen atoms in total. The number of hydrogen-bond acceptors (Lipinski definition) is 2. The van der Waals surface area contributed by atoms with E-state index in [1.165, 1.54) is 89.9 Å². The fraction of sp³-hybridized carbons (Fsp3) is 1.00. The van der Waals surface area contributed by atoms with Crippen LogP contribution in [0.2, 0.25) is 0 Å². The molecule has 1 N–H and O–H groups in total. The molecule has 1 aliphatic rings. The molecular weight excluding hydrogens is 284 g/mol. The molecule has 0 saturated carbocycles. The zero-order valence-corrected chi connectivity index (χ0v) is 16.0. The molecule has 0 aromatic carbocycles. The quantitative estimate of drug-likeness (QED) is 0.318. The number of aliphatic hydroxyl groups is 1. The zero-order valence-electron chi connectivity index (χ0n) is 16.0. The molecule has 23 heavy (non-hydrogen) atoms. The summed E-state index contributed by atoms with van der Waals surface area (Å²) in [4.78, 5) is 0. The molecule has 1 heterocycles. The first kappa shape index (κ1) is 21.0. The molecule has 0 bridgehead atoms. The summed E-state index contributed by atoms with van der Waals surface area (Å²) in [5, 5.41) is 9.96. The van der Waals surface area contributed by atoms with Crippen LogP contribution in [0.25, 0.3) is 0 Å². The lowest BCUT2D eigenvalue weighted by molar-refractivity contribution is -0.319. The second-order valence-corrected chi connectivity index (χ2v) is 7.78. The van der Waals surface area contributed by atoms with Gasteiger partial charge in [-0.3, -0.25) is 0 Å². The lowest BCUT2D eigenvalue weighted by Gasteiger charge is -2.42. The SMILES string of the molecule is CCCCCCCCCCCCCCCCCC1(O)CC(C)O1. The summed E-state index contributed by atoms with van der Waals surface area (Å²) in [7, 11) is 0. The van der Waals surface area contributed by atoms with Crippen molar-refractivity contribution in [3.63, 3.8) is 0 Å². The Morgan fingerprint density at radius 1 is 0.739 bits per heavy atom. The fourth-order valence-corrected chi connectivity index (χ4v) is 3.75. The molecule has 1 rings (SSSR count). The molecule has 2 heteroatoms. The van der Waals surface area contributed by atoms with Gasteiger partial charge in [-0.1, -0.05) is 96.8 Å². The topological polar surface area (TPSA) is 29.5 Å². The predicted octanol–water partition coefficient (Wildman–Crippen LogP) is 6.75. The first-order chi connectivity index (χ1) is 11.2. The third-order valence-electron chi connectivity index (χ3n) is 5.20. The molecule has 1 aliphatic heterocycles. The zero-order chi connectivity index (χ0) is 16.8. The number of unbranched alkanes of at least 4 members (excludes halogenated alkanes) is 14. The standard InChI is InChI=1S/C21H42O2/c1-3-4-5-6-7-8-9-10-11-12-13-14-15-16-17-18-21(22)19-20(2)23-21/h20,22H,3-19H2,1-2H3. The van der Waals surface area contributed by atoms with E-state index in [9.17, 15) is 5.11 Å². The Morgan fingerprint density at radius 3 is 1.43 bits per heavy atom. The van der Waals surface area contributed by atoms with E-state index < -0.39 is 5.79 Å². The minimum absolute atomic E-state index is 0.261. The van der Waals surface area contributed by atoms with Crippen LogP contribution in [0.4, 0.5) is 0 Å². The lowest BCUT2D eigenvalue weighted by atomic mass is 9.95. The molecule has 0 radical (unpaired) electrons. The minimum atomic E-state index is -0.768. The van der Waals surface area contributed by atoms with Gasteiger partial charge in [0.15, 0.2) is 5.79 Å². The highest BCUT2D eigenvalue weighted by Gasteiger charge is 2.40. The Balaban J connectivity index is 1.69. The van der Waals surface area contributed by atoms with Crippen LogP contribution in [0, 0.1) is 0 Å². The Kier molecular flexibility index (Phi) is 12.1. The summed E-state index contributed by atoms with van der Waals surface area (Å²) in [6, 6.07) is 0. The van der Waals surface area contributed by atoms with Crippen molar-refractivity contribution in [2.24, 2.45) is 0 Å². The molecule has 2 atom stereocenters. The average molecular weight is 327 g/mol. The lowest BCUT2D eigenvalue weighted by Crippen LogP contribution is -2.48. The van der Waals surface area contributed by atoms with Crippen LogP contribution in [-0.2, 0) is 4.74 Å². The van der Waals surface area contributed by atoms with Gasteiger partial charge in [-0.25, -0.2) is 0 Å². The molecule has 0 aliphatic carbocycles. The second-order valence-electron chi connectivity index (χ2n) is 7.78. The maximum Gasteiger partial charge on any atom is 0.168 e. The maximum absolute atomic E-state index is 9.96. The first-order valence-electron chi connectivity index (χ1n) is 10.6. The monoisotopic (exact) mass is 326 g/mol. The Hall–Kier alpha value is -0.0800. The number of rotatable bonds is 16. The largest absolute Gasteiger partial charge is 0.365 e. The van der Waals surface area contributed by atoms with Gasteiger partial charge in [-0.2, -0.15) is 0 Å². The van der Waals surface area contributed by atoms with E-state index in [-0.39, 0.29) is 6.10 Å². The van der Waals surface area contributed by atoms with Crippen LogP contribution in [0.3, 0.4) is 0 Å². The maximum atomic E-state index is 9.96. The summed E-state index contributed by atoms with van der Waals surface area (Å²) in [6.07, 6.45) is 22.7. The smallest absolute Gasteiger partial charge is 0.168 e. The Morgan fingerprint density at radius 2 is 1.09 bits per heavy atom. The Bertz CT molecular complexity index is 259. The number of hydrogen-bond donors (Lipinski definition) is 1. The van der Waals surface area contributed by atoms with Gasteiger partial charge in [0.2, 0.25) is 0 Å². The normalized spacial score (nSPS) is 23.9. The first-order valence-corrected chi connectivity index (χ1v) is 10.6. The highest BCUT2D eigenvalue weighted by molar-refractivity contribution is 4.81. The summed E-state index contributed by atoms with van der Waals surface area (Å²) >= 11 is 0. The van der Waals surface area contributed by atoms with Gasteiger partial charge in [0.05, 0.1) is 6.10 Å².